The van der Waals surface area contributed by atoms with E-state index in [0.717, 1.165) is 25.0 Å². The number of amides is 4. The number of hydrogen-bond donors (Lipinski definition) is 2. The van der Waals surface area contributed by atoms with E-state index in [1.165, 1.54) is 7.05 Å². The fourth-order valence-corrected chi connectivity index (χ4v) is 4.84. The minimum atomic E-state index is -4.93. The molecule has 2 saturated carbocycles. The first-order chi connectivity index (χ1) is 16.0. The van der Waals surface area contributed by atoms with Crippen molar-refractivity contribution in [3.8, 4) is 11.8 Å². The maximum absolute atomic E-state index is 14.3. The summed E-state index contributed by atoms with van der Waals surface area (Å²) in [7, 11) is 1.53. The molecule has 0 bridgehead atoms. The molecule has 1 aromatic rings. The first kappa shape index (κ1) is 23.9. The third-order valence-electron chi connectivity index (χ3n) is 6.68. The van der Waals surface area contributed by atoms with Crippen LogP contribution in [0.1, 0.15) is 31.2 Å². The van der Waals surface area contributed by atoms with Crippen LogP contribution in [0.2, 0.25) is 0 Å². The van der Waals surface area contributed by atoms with E-state index in [0.29, 0.717) is 32.0 Å². The van der Waals surface area contributed by atoms with Crippen molar-refractivity contribution >= 4 is 12.1 Å². The summed E-state index contributed by atoms with van der Waals surface area (Å²) in [6, 6.07) is 3.99. The predicted octanol–water partition coefficient (Wildman–Crippen LogP) is 3.34. The summed E-state index contributed by atoms with van der Waals surface area (Å²) in [5, 5.41) is 14.7. The molecule has 3 unspecified atom stereocenters. The molecule has 1 aliphatic heterocycles. The zero-order valence-electron chi connectivity index (χ0n) is 18.5. The summed E-state index contributed by atoms with van der Waals surface area (Å²) < 4.78 is 55.0. The molecule has 12 heteroatoms. The Morgan fingerprint density at radius 2 is 2.03 bits per heavy atom. The van der Waals surface area contributed by atoms with Gasteiger partial charge in [-0.05, 0) is 31.7 Å². The van der Waals surface area contributed by atoms with Crippen LogP contribution >= 0.6 is 0 Å². The second kappa shape index (κ2) is 8.85. The highest BCUT2D eigenvalue weighted by molar-refractivity contribution is 5.76. The maximum Gasteiger partial charge on any atom is 0.573 e. The minimum absolute atomic E-state index is 0.0115. The molecule has 2 aliphatic carbocycles. The molecule has 3 fully saturated rings. The second-order valence-corrected chi connectivity index (χ2v) is 9.14. The topological polar surface area (TPSA) is 97.7 Å². The standard InChI is InChI=1S/C22H25F4N5O3/c1-28-19(32)30-11-16(8-21(12-30)7-14(21)9-27)31(15-3-4-15)20(33)29-10-13-2-5-17(6-18(13)23)34-22(24,25)26/h2,5-6,14-16H,3-4,7-8,10-12H2,1H3,(H,28,32)(H,29,33). The number of carbonyl (C=O) groups is 2. The second-order valence-electron chi connectivity index (χ2n) is 9.14. The van der Waals surface area contributed by atoms with Gasteiger partial charge in [0.25, 0.3) is 0 Å². The Labute approximate surface area is 193 Å². The summed E-state index contributed by atoms with van der Waals surface area (Å²) in [5.74, 6) is -1.78. The Kier molecular flexibility index (Phi) is 6.22. The van der Waals surface area contributed by atoms with Gasteiger partial charge in [0.1, 0.15) is 11.6 Å². The zero-order valence-corrected chi connectivity index (χ0v) is 18.5. The number of rotatable bonds is 5. The summed E-state index contributed by atoms with van der Waals surface area (Å²) in [4.78, 5) is 28.8. The molecule has 8 nitrogen and oxygen atoms in total. The van der Waals surface area contributed by atoms with Crippen molar-refractivity contribution in [1.82, 2.24) is 20.4 Å². The molecule has 0 aromatic heterocycles. The van der Waals surface area contributed by atoms with Gasteiger partial charge in [-0.3, -0.25) is 0 Å². The van der Waals surface area contributed by atoms with Gasteiger partial charge in [-0.1, -0.05) is 6.07 Å². The number of likely N-dealkylation sites (tertiary alicyclic amines) is 1. The van der Waals surface area contributed by atoms with Crippen molar-refractivity contribution in [2.24, 2.45) is 11.3 Å². The lowest BCUT2D eigenvalue weighted by Crippen LogP contribution is -2.58. The summed E-state index contributed by atoms with van der Waals surface area (Å²) in [5.41, 5.74) is -0.324. The van der Waals surface area contributed by atoms with Crippen molar-refractivity contribution < 1.29 is 31.9 Å². The van der Waals surface area contributed by atoms with E-state index in [1.54, 1.807) is 9.80 Å². The van der Waals surface area contributed by atoms with E-state index in [-0.39, 0.29) is 41.6 Å². The smallest absolute Gasteiger partial charge is 0.406 e. The Bertz CT molecular complexity index is 1010. The number of nitrogens with one attached hydrogen (secondary N) is 2. The molecule has 4 amide bonds. The third-order valence-corrected chi connectivity index (χ3v) is 6.68. The molecule has 3 atom stereocenters. The highest BCUT2D eigenvalue weighted by Gasteiger charge is 2.60. The van der Waals surface area contributed by atoms with E-state index in [1.807, 2.05) is 0 Å². The molecule has 2 N–H and O–H groups in total. The van der Waals surface area contributed by atoms with Crippen LogP contribution < -0.4 is 15.4 Å². The number of carbonyl (C=O) groups excluding carboxylic acids is 2. The van der Waals surface area contributed by atoms with Gasteiger partial charge in [0.15, 0.2) is 0 Å². The molecule has 1 heterocycles. The Morgan fingerprint density at radius 1 is 1.29 bits per heavy atom. The van der Waals surface area contributed by atoms with Gasteiger partial charge in [-0.15, -0.1) is 13.2 Å². The average molecular weight is 483 g/mol. The van der Waals surface area contributed by atoms with Crippen molar-refractivity contribution in [1.29, 1.82) is 5.26 Å². The lowest BCUT2D eigenvalue weighted by atomic mass is 9.88. The number of halogens is 4. The molecule has 4 rings (SSSR count). The van der Waals surface area contributed by atoms with Crippen LogP contribution in [-0.2, 0) is 6.54 Å². The normalized spacial score (nSPS) is 25.9. The number of urea groups is 2. The van der Waals surface area contributed by atoms with Crippen LogP contribution in [0.3, 0.4) is 0 Å². The first-order valence-electron chi connectivity index (χ1n) is 11.0. The van der Waals surface area contributed by atoms with E-state index in [9.17, 15) is 32.4 Å². The molecule has 34 heavy (non-hydrogen) atoms. The first-order valence-corrected chi connectivity index (χ1v) is 11.0. The van der Waals surface area contributed by atoms with Gasteiger partial charge in [0.2, 0.25) is 0 Å². The Balaban J connectivity index is 1.45. The summed E-state index contributed by atoms with van der Waals surface area (Å²) in [6.45, 7) is 0.554. The van der Waals surface area contributed by atoms with Crippen LogP contribution in [-0.4, -0.2) is 60.4 Å². The van der Waals surface area contributed by atoms with Crippen molar-refractivity contribution in [3.05, 3.63) is 29.6 Å². The lowest BCUT2D eigenvalue weighted by molar-refractivity contribution is -0.274. The molecule has 1 aromatic carbocycles. The highest BCUT2D eigenvalue weighted by atomic mass is 19.4. The van der Waals surface area contributed by atoms with E-state index in [2.05, 4.69) is 21.4 Å². The van der Waals surface area contributed by atoms with E-state index in [4.69, 9.17) is 0 Å². The fourth-order valence-electron chi connectivity index (χ4n) is 4.84. The van der Waals surface area contributed by atoms with Gasteiger partial charge in [0, 0.05) is 49.8 Å². The molecule has 1 spiro atoms. The zero-order chi connectivity index (χ0) is 24.7. The van der Waals surface area contributed by atoms with Gasteiger partial charge in [0.05, 0.1) is 18.0 Å². The quantitative estimate of drug-likeness (QED) is 0.628. The fraction of sp³-hybridized carbons (Fsp3) is 0.591. The van der Waals surface area contributed by atoms with Crippen molar-refractivity contribution in [2.75, 3.05) is 20.1 Å². The lowest BCUT2D eigenvalue weighted by Gasteiger charge is -2.43. The number of alkyl halides is 3. The average Bonchev–Trinajstić information content (AvgIpc) is 3.69. The monoisotopic (exact) mass is 483 g/mol. The Morgan fingerprint density at radius 3 is 2.59 bits per heavy atom. The van der Waals surface area contributed by atoms with Gasteiger partial charge in [-0.25, -0.2) is 14.0 Å². The van der Waals surface area contributed by atoms with Crippen molar-refractivity contribution in [2.45, 2.75) is 50.7 Å². The number of piperidine rings is 1. The van der Waals surface area contributed by atoms with Crippen LogP contribution in [0, 0.1) is 28.5 Å². The molecule has 184 valence electrons. The maximum atomic E-state index is 14.3. The molecular weight excluding hydrogens is 458 g/mol. The van der Waals surface area contributed by atoms with Crippen molar-refractivity contribution in [3.63, 3.8) is 0 Å². The van der Waals surface area contributed by atoms with Crippen LogP contribution in [0.4, 0.5) is 27.2 Å². The number of hydrogen-bond acceptors (Lipinski definition) is 4. The molecule has 1 saturated heterocycles. The van der Waals surface area contributed by atoms with Gasteiger partial charge in [-0.2, -0.15) is 5.26 Å². The highest BCUT2D eigenvalue weighted by Crippen LogP contribution is 2.58. The number of nitriles is 1. The molecule has 0 radical (unpaired) electrons. The Hall–Kier alpha value is -3.23. The molecular formula is C22H25F4N5O3. The summed E-state index contributed by atoms with van der Waals surface area (Å²) >= 11 is 0. The van der Waals surface area contributed by atoms with E-state index < -0.39 is 24.0 Å². The van der Waals surface area contributed by atoms with Gasteiger partial charge < -0.3 is 25.2 Å². The largest absolute Gasteiger partial charge is 0.573 e. The van der Waals surface area contributed by atoms with Crippen LogP contribution in [0.5, 0.6) is 5.75 Å². The van der Waals surface area contributed by atoms with E-state index >= 15 is 0 Å². The minimum Gasteiger partial charge on any atom is -0.406 e. The third kappa shape index (κ3) is 5.13. The van der Waals surface area contributed by atoms with Crippen LogP contribution in [0.15, 0.2) is 18.2 Å². The number of nitrogens with zero attached hydrogens (tertiary/aromatic N) is 3. The summed E-state index contributed by atoms with van der Waals surface area (Å²) in [6.07, 6.45) is -2.06. The predicted molar refractivity (Wildman–Crippen MR) is 111 cm³/mol. The van der Waals surface area contributed by atoms with Crippen LogP contribution in [0.25, 0.3) is 0 Å². The SMILES string of the molecule is CNC(=O)N1CC(N(C(=O)NCc2ccc(OC(F)(F)F)cc2F)C2CC2)CC2(CC2C#N)C1. The number of ether oxygens (including phenoxy) is 1. The molecule has 3 aliphatic rings. The van der Waals surface area contributed by atoms with Gasteiger partial charge >= 0.3 is 18.4 Å². The number of benzene rings is 1.